The van der Waals surface area contributed by atoms with Gasteiger partial charge in [0.05, 0.1) is 12.0 Å². The second-order valence-electron chi connectivity index (χ2n) is 6.79. The van der Waals surface area contributed by atoms with Crippen LogP contribution in [0.2, 0.25) is 0 Å². The predicted molar refractivity (Wildman–Crippen MR) is 120 cm³/mol. The van der Waals surface area contributed by atoms with Crippen molar-refractivity contribution < 1.29 is 27.1 Å². The molecule has 0 aliphatic rings. The first-order chi connectivity index (χ1) is 15.3. The van der Waals surface area contributed by atoms with Gasteiger partial charge in [0.15, 0.2) is 17.7 Å². The van der Waals surface area contributed by atoms with Crippen LogP contribution in [0.1, 0.15) is 13.3 Å². The first-order valence-corrected chi connectivity index (χ1v) is 11.3. The van der Waals surface area contributed by atoms with Crippen LogP contribution in [0.15, 0.2) is 77.7 Å². The molecule has 0 unspecified atom stereocenters. The van der Waals surface area contributed by atoms with Crippen LogP contribution in [0.3, 0.4) is 0 Å². The maximum atomic E-state index is 13.8. The summed E-state index contributed by atoms with van der Waals surface area (Å²) in [5.41, 5.74) is 0.772. The van der Waals surface area contributed by atoms with Crippen LogP contribution in [-0.2, 0) is 14.8 Å². The van der Waals surface area contributed by atoms with Crippen LogP contribution >= 0.6 is 0 Å². The third kappa shape index (κ3) is 5.76. The van der Waals surface area contributed by atoms with Crippen LogP contribution in [-0.4, -0.2) is 27.5 Å². The number of hydrogen-bond donors (Lipinski definition) is 2. The highest BCUT2D eigenvalue weighted by Crippen LogP contribution is 2.22. The van der Waals surface area contributed by atoms with E-state index in [1.54, 1.807) is 37.3 Å². The Morgan fingerprint density at radius 2 is 1.59 bits per heavy atom. The molecular formula is C23H23FN2O5S. The molecule has 168 valence electrons. The minimum atomic E-state index is -3.81. The number of halogens is 1. The van der Waals surface area contributed by atoms with Gasteiger partial charge in [-0.15, -0.1) is 0 Å². The number of amides is 1. The van der Waals surface area contributed by atoms with E-state index in [-0.39, 0.29) is 10.6 Å². The SMILES string of the molecule is CC[C@H](Oc1ccccc1F)C(=O)Nc1ccc(S(=O)(=O)Nc2ccc(OC)cc2)cc1. The molecule has 0 aliphatic heterocycles. The van der Waals surface area contributed by atoms with Crippen molar-refractivity contribution >= 4 is 27.3 Å². The molecule has 3 aromatic rings. The average Bonchev–Trinajstić information content (AvgIpc) is 2.79. The first kappa shape index (κ1) is 23.1. The van der Waals surface area contributed by atoms with Crippen molar-refractivity contribution in [3.8, 4) is 11.5 Å². The second kappa shape index (κ2) is 10.1. The molecule has 0 spiro atoms. The topological polar surface area (TPSA) is 93.7 Å². The molecule has 3 rings (SSSR count). The number of ether oxygens (including phenoxy) is 2. The fourth-order valence-corrected chi connectivity index (χ4v) is 3.89. The third-order valence-corrected chi connectivity index (χ3v) is 5.94. The van der Waals surface area contributed by atoms with E-state index in [0.29, 0.717) is 23.5 Å². The van der Waals surface area contributed by atoms with Gasteiger partial charge in [-0.3, -0.25) is 9.52 Å². The van der Waals surface area contributed by atoms with Crippen LogP contribution in [0.4, 0.5) is 15.8 Å². The summed E-state index contributed by atoms with van der Waals surface area (Å²) >= 11 is 0. The smallest absolute Gasteiger partial charge is 0.265 e. The Morgan fingerprint density at radius 1 is 0.969 bits per heavy atom. The minimum Gasteiger partial charge on any atom is -0.497 e. The number of hydrogen-bond acceptors (Lipinski definition) is 5. The molecular weight excluding hydrogens is 435 g/mol. The Labute approximate surface area is 186 Å². The van der Waals surface area contributed by atoms with E-state index >= 15 is 0 Å². The van der Waals surface area contributed by atoms with Gasteiger partial charge in [-0.2, -0.15) is 0 Å². The van der Waals surface area contributed by atoms with E-state index in [9.17, 15) is 17.6 Å². The Kier molecular flexibility index (Phi) is 7.32. The van der Waals surface area contributed by atoms with Gasteiger partial charge in [-0.25, -0.2) is 12.8 Å². The lowest BCUT2D eigenvalue weighted by Gasteiger charge is -2.17. The number of anilines is 2. The molecule has 9 heteroatoms. The first-order valence-electron chi connectivity index (χ1n) is 9.81. The minimum absolute atomic E-state index is 0.0134. The van der Waals surface area contributed by atoms with E-state index in [1.807, 2.05) is 0 Å². The van der Waals surface area contributed by atoms with Crippen LogP contribution < -0.4 is 19.5 Å². The lowest BCUT2D eigenvalue weighted by molar-refractivity contribution is -0.122. The Morgan fingerprint density at radius 3 is 2.19 bits per heavy atom. The number of sulfonamides is 1. The summed E-state index contributed by atoms with van der Waals surface area (Å²) in [5, 5.41) is 2.66. The van der Waals surface area contributed by atoms with Gasteiger partial charge in [-0.1, -0.05) is 19.1 Å². The number of nitrogens with one attached hydrogen (secondary N) is 2. The van der Waals surface area contributed by atoms with Crippen LogP contribution in [0.5, 0.6) is 11.5 Å². The number of rotatable bonds is 9. The molecule has 0 saturated heterocycles. The van der Waals surface area contributed by atoms with Gasteiger partial charge >= 0.3 is 0 Å². The van der Waals surface area contributed by atoms with Gasteiger partial charge in [0.25, 0.3) is 15.9 Å². The summed E-state index contributed by atoms with van der Waals surface area (Å²) in [6.45, 7) is 1.74. The van der Waals surface area contributed by atoms with Gasteiger partial charge in [0.1, 0.15) is 5.75 Å². The highest BCUT2D eigenvalue weighted by Gasteiger charge is 2.20. The zero-order valence-electron chi connectivity index (χ0n) is 17.5. The molecule has 7 nitrogen and oxygen atoms in total. The van der Waals surface area contributed by atoms with Crippen molar-refractivity contribution in [3.05, 3.63) is 78.6 Å². The van der Waals surface area contributed by atoms with Crippen molar-refractivity contribution in [1.29, 1.82) is 0 Å². The maximum Gasteiger partial charge on any atom is 0.265 e. The zero-order valence-corrected chi connectivity index (χ0v) is 18.4. The van der Waals surface area contributed by atoms with E-state index in [2.05, 4.69) is 10.0 Å². The van der Waals surface area contributed by atoms with E-state index < -0.39 is 27.9 Å². The average molecular weight is 459 g/mol. The van der Waals surface area contributed by atoms with Gasteiger partial charge in [0, 0.05) is 11.4 Å². The Hall–Kier alpha value is -3.59. The summed E-state index contributed by atoms with van der Waals surface area (Å²) in [7, 11) is -2.29. The molecule has 0 fully saturated rings. The molecule has 0 aliphatic carbocycles. The number of carbonyl (C=O) groups is 1. The maximum absolute atomic E-state index is 13.8. The van der Waals surface area contributed by atoms with Crippen LogP contribution in [0.25, 0.3) is 0 Å². The predicted octanol–water partition coefficient (Wildman–Crippen LogP) is 4.43. The van der Waals surface area contributed by atoms with E-state index in [1.165, 1.54) is 49.6 Å². The lowest BCUT2D eigenvalue weighted by atomic mass is 10.2. The van der Waals surface area contributed by atoms with Crippen LogP contribution in [0, 0.1) is 5.82 Å². The van der Waals surface area contributed by atoms with Crippen molar-refractivity contribution in [2.45, 2.75) is 24.3 Å². The number of para-hydroxylation sites is 1. The molecule has 0 aromatic heterocycles. The van der Waals surface area contributed by atoms with Gasteiger partial charge in [-0.05, 0) is 67.1 Å². The molecule has 1 atom stereocenters. The highest BCUT2D eigenvalue weighted by molar-refractivity contribution is 7.92. The molecule has 0 heterocycles. The van der Waals surface area contributed by atoms with E-state index in [0.717, 1.165) is 0 Å². The molecule has 0 radical (unpaired) electrons. The molecule has 0 bridgehead atoms. The number of benzene rings is 3. The summed E-state index contributed by atoms with van der Waals surface area (Å²) in [6, 6.07) is 18.0. The van der Waals surface area contributed by atoms with Gasteiger partial charge < -0.3 is 14.8 Å². The zero-order chi connectivity index (χ0) is 23.1. The molecule has 2 N–H and O–H groups in total. The number of methoxy groups -OCH3 is 1. The van der Waals surface area contributed by atoms with Gasteiger partial charge in [0.2, 0.25) is 0 Å². The summed E-state index contributed by atoms with van der Waals surface area (Å²) in [5.74, 6) is -0.432. The largest absolute Gasteiger partial charge is 0.497 e. The van der Waals surface area contributed by atoms with Crippen molar-refractivity contribution in [2.24, 2.45) is 0 Å². The standard InChI is InChI=1S/C23H23FN2O5S/c1-3-21(31-22-7-5-4-6-20(22)24)23(27)25-16-10-14-19(15-11-16)32(28,29)26-17-8-12-18(30-2)13-9-17/h4-15,21,26H,3H2,1-2H3,(H,25,27)/t21-/m0/s1. The lowest BCUT2D eigenvalue weighted by Crippen LogP contribution is -2.32. The molecule has 32 heavy (non-hydrogen) atoms. The monoisotopic (exact) mass is 458 g/mol. The molecule has 3 aromatic carbocycles. The summed E-state index contributed by atoms with van der Waals surface area (Å²) < 4.78 is 52.0. The summed E-state index contributed by atoms with van der Waals surface area (Å²) in [4.78, 5) is 12.6. The Bertz CT molecular complexity index is 1170. The normalized spacial score (nSPS) is 12.0. The molecule has 0 saturated carbocycles. The fourth-order valence-electron chi connectivity index (χ4n) is 2.83. The summed E-state index contributed by atoms with van der Waals surface area (Å²) in [6.07, 6.45) is -0.592. The van der Waals surface area contributed by atoms with Crippen molar-refractivity contribution in [2.75, 3.05) is 17.1 Å². The molecule has 1 amide bonds. The quantitative estimate of drug-likeness (QED) is 0.495. The second-order valence-corrected chi connectivity index (χ2v) is 8.48. The number of carbonyl (C=O) groups excluding carboxylic acids is 1. The fraction of sp³-hybridized carbons (Fsp3) is 0.174. The Balaban J connectivity index is 1.66. The third-order valence-electron chi connectivity index (χ3n) is 4.54. The highest BCUT2D eigenvalue weighted by atomic mass is 32.2. The van der Waals surface area contributed by atoms with Crippen molar-refractivity contribution in [1.82, 2.24) is 0 Å². The van der Waals surface area contributed by atoms with Crippen molar-refractivity contribution in [3.63, 3.8) is 0 Å². The van der Waals surface area contributed by atoms with E-state index in [4.69, 9.17) is 9.47 Å².